The number of hydrogen-bond acceptors (Lipinski definition) is 4. The number of methoxy groups -OCH3 is 1. The number of benzene rings is 2. The lowest BCUT2D eigenvalue weighted by Crippen LogP contribution is -2.39. The summed E-state index contributed by atoms with van der Waals surface area (Å²) >= 11 is 0. The number of fused-ring (bicyclic) bond motifs is 1. The van der Waals surface area contributed by atoms with E-state index in [0.29, 0.717) is 42.0 Å². The fourth-order valence-electron chi connectivity index (χ4n) is 6.08. The number of aryl methyl sites for hydroxylation is 1. The highest BCUT2D eigenvalue weighted by atomic mass is 16.5. The number of hydrogen-bond donors (Lipinski definition) is 1. The summed E-state index contributed by atoms with van der Waals surface area (Å²) in [5.41, 5.74) is 5.65. The Morgan fingerprint density at radius 3 is 2.36 bits per heavy atom. The van der Waals surface area contributed by atoms with Crippen molar-refractivity contribution in [3.63, 3.8) is 0 Å². The average Bonchev–Trinajstić information content (AvgIpc) is 3.14. The van der Waals surface area contributed by atoms with Crippen LogP contribution in [0.3, 0.4) is 0 Å². The molecule has 2 aliphatic carbocycles. The topological polar surface area (TPSA) is 50.8 Å². The van der Waals surface area contributed by atoms with Crippen LogP contribution in [0.5, 0.6) is 11.5 Å². The molecule has 0 heterocycles. The molecule has 0 saturated heterocycles. The molecule has 0 spiro atoms. The number of nitrogens with one attached hydrogen (secondary N) is 1. The molecule has 0 aliphatic heterocycles. The second kappa shape index (κ2) is 13.3. The van der Waals surface area contributed by atoms with Crippen LogP contribution < -0.4 is 14.8 Å². The first kappa shape index (κ1) is 28.9. The van der Waals surface area contributed by atoms with Crippen molar-refractivity contribution in [3.05, 3.63) is 76.9 Å². The van der Waals surface area contributed by atoms with Gasteiger partial charge in [0.25, 0.3) is 5.91 Å². The zero-order chi connectivity index (χ0) is 27.9. The molecule has 1 amide bonds. The van der Waals surface area contributed by atoms with Gasteiger partial charge in [0.2, 0.25) is 0 Å². The third-order valence-corrected chi connectivity index (χ3v) is 8.21. The summed E-state index contributed by atoms with van der Waals surface area (Å²) in [6, 6.07) is 15.4. The van der Waals surface area contributed by atoms with Gasteiger partial charge in [0.05, 0.1) is 7.11 Å². The molecule has 210 valence electrons. The van der Waals surface area contributed by atoms with Gasteiger partial charge in [0, 0.05) is 41.9 Å². The molecule has 2 unspecified atom stereocenters. The molecule has 2 aromatic carbocycles. The molecule has 4 rings (SSSR count). The number of anilines is 1. The summed E-state index contributed by atoms with van der Waals surface area (Å²) in [6.07, 6.45) is 9.71. The monoisotopic (exact) mass is 530 g/mol. The quantitative estimate of drug-likeness (QED) is 0.320. The van der Waals surface area contributed by atoms with Crippen LogP contribution in [0.1, 0.15) is 76.8 Å². The summed E-state index contributed by atoms with van der Waals surface area (Å²) in [4.78, 5) is 16.0. The van der Waals surface area contributed by atoms with Crippen LogP contribution in [0.25, 0.3) is 0 Å². The molecular formula is C34H46N2O3. The molecule has 1 N–H and O–H groups in total. The second-order valence-electron chi connectivity index (χ2n) is 11.5. The van der Waals surface area contributed by atoms with E-state index in [4.69, 9.17) is 9.47 Å². The molecule has 2 atom stereocenters. The Labute approximate surface area is 235 Å². The Morgan fingerprint density at radius 2 is 1.67 bits per heavy atom. The van der Waals surface area contributed by atoms with E-state index in [-0.39, 0.29) is 5.91 Å². The van der Waals surface area contributed by atoms with Crippen LogP contribution in [-0.4, -0.2) is 43.2 Å². The van der Waals surface area contributed by atoms with Crippen molar-refractivity contribution in [2.45, 2.75) is 84.7 Å². The van der Waals surface area contributed by atoms with Crippen molar-refractivity contribution in [3.8, 4) is 11.5 Å². The van der Waals surface area contributed by atoms with E-state index < -0.39 is 0 Å². The fourth-order valence-corrected chi connectivity index (χ4v) is 6.08. The Balaban J connectivity index is 1.46. The first-order chi connectivity index (χ1) is 18.8. The van der Waals surface area contributed by atoms with Gasteiger partial charge in [-0.1, -0.05) is 47.6 Å². The molecule has 5 nitrogen and oxygen atoms in total. The van der Waals surface area contributed by atoms with Crippen molar-refractivity contribution in [2.75, 3.05) is 25.6 Å². The summed E-state index contributed by atoms with van der Waals surface area (Å²) in [5, 5.41) is 3.17. The SMILES string of the molecule is COc1ccc(NC(=O)C2=C3CCC(c4ccc(C)cc4)C=CC3CCC2)cc1OCCN(C(C)C)C(C)C. The van der Waals surface area contributed by atoms with E-state index in [9.17, 15) is 4.79 Å². The fraction of sp³-hybridized carbons (Fsp3) is 0.500. The van der Waals surface area contributed by atoms with Gasteiger partial charge in [-0.25, -0.2) is 0 Å². The molecule has 0 aromatic heterocycles. The zero-order valence-electron chi connectivity index (χ0n) is 24.6. The number of nitrogens with zero attached hydrogens (tertiary/aromatic N) is 1. The van der Waals surface area contributed by atoms with Crippen molar-refractivity contribution >= 4 is 11.6 Å². The van der Waals surface area contributed by atoms with Crippen molar-refractivity contribution in [2.24, 2.45) is 5.92 Å². The van der Waals surface area contributed by atoms with Gasteiger partial charge in [0.15, 0.2) is 11.5 Å². The predicted octanol–water partition coefficient (Wildman–Crippen LogP) is 7.67. The van der Waals surface area contributed by atoms with Crippen LogP contribution in [0.2, 0.25) is 0 Å². The molecule has 0 saturated carbocycles. The van der Waals surface area contributed by atoms with E-state index in [1.54, 1.807) is 7.11 Å². The molecule has 39 heavy (non-hydrogen) atoms. The standard InChI is InChI=1S/C34H46N2O3/c1-23(2)36(24(3)4)20-21-39-33-22-29(17-19-32(33)38-6)35-34(37)31-9-7-8-28-15-14-27(16-18-30(28)31)26-12-10-25(5)11-13-26/h10-15,17,19,22-24,27-28H,7-9,16,18,20-21H2,1-6H3,(H,35,37). The van der Waals surface area contributed by atoms with E-state index in [2.05, 4.69) is 81.3 Å². The van der Waals surface area contributed by atoms with Crippen LogP contribution in [0.15, 0.2) is 65.8 Å². The summed E-state index contributed by atoms with van der Waals surface area (Å²) in [5.74, 6) is 2.09. The summed E-state index contributed by atoms with van der Waals surface area (Å²) in [7, 11) is 1.65. The minimum Gasteiger partial charge on any atom is -0.493 e. The lowest BCUT2D eigenvalue weighted by molar-refractivity contribution is -0.113. The summed E-state index contributed by atoms with van der Waals surface area (Å²) in [6.45, 7) is 12.3. The lowest BCUT2D eigenvalue weighted by Gasteiger charge is -2.30. The molecule has 5 heteroatoms. The number of amides is 1. The van der Waals surface area contributed by atoms with Gasteiger partial charge in [-0.15, -0.1) is 0 Å². The van der Waals surface area contributed by atoms with Crippen molar-refractivity contribution in [1.82, 2.24) is 4.90 Å². The van der Waals surface area contributed by atoms with Gasteiger partial charge in [0.1, 0.15) is 6.61 Å². The molecule has 2 aliphatic rings. The van der Waals surface area contributed by atoms with E-state index in [1.807, 2.05) is 18.2 Å². The normalized spacial score (nSPS) is 19.3. The minimum atomic E-state index is 0.0128. The molecular weight excluding hydrogens is 484 g/mol. The highest BCUT2D eigenvalue weighted by Crippen LogP contribution is 2.40. The van der Waals surface area contributed by atoms with E-state index in [1.165, 1.54) is 16.7 Å². The smallest absolute Gasteiger partial charge is 0.251 e. The predicted molar refractivity (Wildman–Crippen MR) is 161 cm³/mol. The first-order valence-corrected chi connectivity index (χ1v) is 14.6. The third kappa shape index (κ3) is 7.33. The van der Waals surface area contributed by atoms with Crippen LogP contribution >= 0.6 is 0 Å². The zero-order valence-corrected chi connectivity index (χ0v) is 24.6. The van der Waals surface area contributed by atoms with Crippen molar-refractivity contribution in [1.29, 1.82) is 0 Å². The van der Waals surface area contributed by atoms with Crippen LogP contribution in [0, 0.1) is 12.8 Å². The number of rotatable bonds is 10. The first-order valence-electron chi connectivity index (χ1n) is 14.6. The third-order valence-electron chi connectivity index (χ3n) is 8.21. The number of carbonyl (C=O) groups excluding carboxylic acids is 1. The number of carbonyl (C=O) groups is 1. The maximum absolute atomic E-state index is 13.6. The van der Waals surface area contributed by atoms with E-state index >= 15 is 0 Å². The van der Waals surface area contributed by atoms with Gasteiger partial charge in [-0.3, -0.25) is 9.69 Å². The minimum absolute atomic E-state index is 0.0128. The van der Waals surface area contributed by atoms with Gasteiger partial charge >= 0.3 is 0 Å². The highest BCUT2D eigenvalue weighted by molar-refractivity contribution is 6.04. The highest BCUT2D eigenvalue weighted by Gasteiger charge is 2.28. The second-order valence-corrected chi connectivity index (χ2v) is 11.5. The Hall–Kier alpha value is -3.05. The van der Waals surface area contributed by atoms with Gasteiger partial charge in [-0.05, 0) is 90.3 Å². The number of allylic oxidation sites excluding steroid dienone is 3. The maximum atomic E-state index is 13.6. The van der Waals surface area contributed by atoms with Crippen LogP contribution in [-0.2, 0) is 4.79 Å². The molecule has 2 aromatic rings. The Bertz CT molecular complexity index is 1170. The van der Waals surface area contributed by atoms with Crippen molar-refractivity contribution < 1.29 is 14.3 Å². The molecule has 0 bridgehead atoms. The number of ether oxygens (including phenoxy) is 2. The largest absolute Gasteiger partial charge is 0.493 e. The van der Waals surface area contributed by atoms with Crippen LogP contribution in [0.4, 0.5) is 5.69 Å². The van der Waals surface area contributed by atoms with Gasteiger partial charge in [-0.2, -0.15) is 0 Å². The molecule has 0 radical (unpaired) electrons. The van der Waals surface area contributed by atoms with E-state index in [0.717, 1.165) is 49.9 Å². The Kier molecular flexibility index (Phi) is 9.90. The molecule has 0 fully saturated rings. The summed E-state index contributed by atoms with van der Waals surface area (Å²) < 4.78 is 11.7. The van der Waals surface area contributed by atoms with Gasteiger partial charge < -0.3 is 14.8 Å². The Morgan fingerprint density at radius 1 is 0.949 bits per heavy atom. The average molecular weight is 531 g/mol. The maximum Gasteiger partial charge on any atom is 0.251 e. The lowest BCUT2D eigenvalue weighted by atomic mass is 9.80.